The Kier molecular flexibility index (Phi) is 3.42. The summed E-state index contributed by atoms with van der Waals surface area (Å²) in [6.45, 7) is 2.66. The molecule has 1 heterocycles. The van der Waals surface area contributed by atoms with Crippen LogP contribution in [0.15, 0.2) is 54.6 Å². The van der Waals surface area contributed by atoms with Crippen LogP contribution in [0.4, 0.5) is 11.4 Å². The zero-order chi connectivity index (χ0) is 13.9. The number of anilines is 2. The Morgan fingerprint density at radius 1 is 1.10 bits per heavy atom. The van der Waals surface area contributed by atoms with Crippen molar-refractivity contribution >= 4 is 17.3 Å². The Labute approximate surface area is 119 Å². The van der Waals surface area contributed by atoms with Crippen molar-refractivity contribution in [1.29, 1.82) is 0 Å². The molecule has 1 aliphatic heterocycles. The van der Waals surface area contributed by atoms with Crippen molar-refractivity contribution < 1.29 is 4.79 Å². The number of carbonyl (C=O) groups excluding carboxylic acids is 1. The third-order valence-electron chi connectivity index (χ3n) is 3.56. The number of para-hydroxylation sites is 2. The molecule has 2 aromatic rings. The Balaban J connectivity index is 1.97. The molecule has 1 N–H and O–H groups in total. The molecule has 0 saturated heterocycles. The molecule has 0 fully saturated rings. The summed E-state index contributed by atoms with van der Waals surface area (Å²) in [5.41, 5.74) is 3.14. The molecule has 0 aliphatic carbocycles. The van der Waals surface area contributed by atoms with Gasteiger partial charge in [0.05, 0.1) is 17.9 Å². The number of carbonyl (C=O) groups is 1. The minimum Gasteiger partial charge on any atom is -0.380 e. The minimum absolute atomic E-state index is 0.157. The Morgan fingerprint density at radius 2 is 1.80 bits per heavy atom. The number of fused-ring (bicyclic) bond motifs is 1. The van der Waals surface area contributed by atoms with Gasteiger partial charge in [0.2, 0.25) is 5.91 Å². The first kappa shape index (κ1) is 12.7. The van der Waals surface area contributed by atoms with E-state index in [4.69, 9.17) is 0 Å². The lowest BCUT2D eigenvalue weighted by molar-refractivity contribution is -0.118. The van der Waals surface area contributed by atoms with Crippen molar-refractivity contribution in [3.8, 4) is 0 Å². The van der Waals surface area contributed by atoms with E-state index in [1.807, 2.05) is 54.3 Å². The predicted octanol–water partition coefficient (Wildman–Crippen LogP) is 3.42. The van der Waals surface area contributed by atoms with Crippen molar-refractivity contribution in [3.05, 3.63) is 60.2 Å². The quantitative estimate of drug-likeness (QED) is 0.903. The average Bonchev–Trinajstić information content (AvgIpc) is 2.57. The number of nitrogens with one attached hydrogen (secondary N) is 1. The molecular weight excluding hydrogens is 248 g/mol. The van der Waals surface area contributed by atoms with E-state index < -0.39 is 0 Å². The summed E-state index contributed by atoms with van der Waals surface area (Å²) in [6.07, 6.45) is 0.515. The van der Waals surface area contributed by atoms with Gasteiger partial charge < -0.3 is 10.2 Å². The fourth-order valence-corrected chi connectivity index (χ4v) is 2.59. The smallest absolute Gasteiger partial charge is 0.229 e. The standard InChI is InChI=1S/C17H18N2O/c1-13-11-17(20)19(12-14-7-3-2-4-8-14)16-10-6-5-9-15(16)18-13/h2-10,13,18H,11-12H2,1H3/t13-/m1/s1. The van der Waals surface area contributed by atoms with Crippen LogP contribution in [0.2, 0.25) is 0 Å². The van der Waals surface area contributed by atoms with Crippen LogP contribution in [0.3, 0.4) is 0 Å². The van der Waals surface area contributed by atoms with Crippen molar-refractivity contribution in [2.75, 3.05) is 10.2 Å². The molecule has 3 heteroatoms. The number of benzene rings is 2. The second-order valence-corrected chi connectivity index (χ2v) is 5.23. The zero-order valence-electron chi connectivity index (χ0n) is 11.5. The van der Waals surface area contributed by atoms with Gasteiger partial charge in [0.15, 0.2) is 0 Å². The van der Waals surface area contributed by atoms with Crippen LogP contribution in [0.1, 0.15) is 18.9 Å². The zero-order valence-corrected chi connectivity index (χ0v) is 11.5. The largest absolute Gasteiger partial charge is 0.380 e. The lowest BCUT2D eigenvalue weighted by Crippen LogP contribution is -2.31. The summed E-state index contributed by atoms with van der Waals surface area (Å²) in [6, 6.07) is 18.3. The molecule has 20 heavy (non-hydrogen) atoms. The van der Waals surface area contributed by atoms with Gasteiger partial charge in [0.1, 0.15) is 0 Å². The molecule has 0 saturated carbocycles. The van der Waals surface area contributed by atoms with Gasteiger partial charge >= 0.3 is 0 Å². The number of nitrogens with zero attached hydrogens (tertiary/aromatic N) is 1. The normalized spacial score (nSPS) is 18.1. The maximum Gasteiger partial charge on any atom is 0.229 e. The molecule has 0 spiro atoms. The molecule has 1 amide bonds. The summed E-state index contributed by atoms with van der Waals surface area (Å²) < 4.78 is 0. The van der Waals surface area contributed by atoms with Crippen LogP contribution in [-0.4, -0.2) is 11.9 Å². The maximum absolute atomic E-state index is 12.5. The van der Waals surface area contributed by atoms with E-state index in [0.29, 0.717) is 13.0 Å². The minimum atomic E-state index is 0.157. The van der Waals surface area contributed by atoms with E-state index in [0.717, 1.165) is 16.9 Å². The highest BCUT2D eigenvalue weighted by atomic mass is 16.2. The van der Waals surface area contributed by atoms with Crippen LogP contribution < -0.4 is 10.2 Å². The van der Waals surface area contributed by atoms with Gasteiger partial charge in [0.25, 0.3) is 0 Å². The Morgan fingerprint density at radius 3 is 2.60 bits per heavy atom. The monoisotopic (exact) mass is 266 g/mol. The van der Waals surface area contributed by atoms with Crippen LogP contribution in [0.25, 0.3) is 0 Å². The van der Waals surface area contributed by atoms with E-state index >= 15 is 0 Å². The first-order valence-electron chi connectivity index (χ1n) is 6.94. The molecule has 1 atom stereocenters. The van der Waals surface area contributed by atoms with Crippen LogP contribution in [0, 0.1) is 0 Å². The summed E-state index contributed by atoms with van der Waals surface area (Å²) >= 11 is 0. The highest BCUT2D eigenvalue weighted by Gasteiger charge is 2.24. The second kappa shape index (κ2) is 5.37. The SMILES string of the molecule is C[C@@H]1CC(=O)N(Cc2ccccc2)c2ccccc2N1. The molecule has 0 bridgehead atoms. The molecule has 3 nitrogen and oxygen atoms in total. The Bertz CT molecular complexity index is 609. The van der Waals surface area contributed by atoms with Crippen molar-refractivity contribution in [1.82, 2.24) is 0 Å². The molecule has 0 radical (unpaired) electrons. The molecule has 102 valence electrons. The van der Waals surface area contributed by atoms with Crippen LogP contribution in [0.5, 0.6) is 0 Å². The summed E-state index contributed by atoms with van der Waals surface area (Å²) in [7, 11) is 0. The van der Waals surface area contributed by atoms with E-state index in [-0.39, 0.29) is 11.9 Å². The first-order valence-corrected chi connectivity index (χ1v) is 6.94. The Hall–Kier alpha value is -2.29. The van der Waals surface area contributed by atoms with E-state index in [9.17, 15) is 4.79 Å². The summed E-state index contributed by atoms with van der Waals surface area (Å²) in [5.74, 6) is 0.166. The van der Waals surface area contributed by atoms with E-state index in [1.165, 1.54) is 0 Å². The molecule has 0 unspecified atom stereocenters. The summed E-state index contributed by atoms with van der Waals surface area (Å²) in [4.78, 5) is 14.4. The second-order valence-electron chi connectivity index (χ2n) is 5.23. The highest BCUT2D eigenvalue weighted by Crippen LogP contribution is 2.31. The van der Waals surface area contributed by atoms with Crippen LogP contribution in [-0.2, 0) is 11.3 Å². The van der Waals surface area contributed by atoms with Crippen molar-refractivity contribution in [2.24, 2.45) is 0 Å². The predicted molar refractivity (Wildman–Crippen MR) is 81.8 cm³/mol. The highest BCUT2D eigenvalue weighted by molar-refractivity contribution is 5.98. The number of rotatable bonds is 2. The number of hydrogen-bond donors (Lipinski definition) is 1. The molecule has 2 aromatic carbocycles. The van der Waals surface area contributed by atoms with Gasteiger partial charge in [-0.15, -0.1) is 0 Å². The molecular formula is C17H18N2O. The topological polar surface area (TPSA) is 32.3 Å². The molecule has 3 rings (SSSR count). The van der Waals surface area contributed by atoms with Crippen LogP contribution >= 0.6 is 0 Å². The van der Waals surface area contributed by atoms with Gasteiger partial charge in [-0.2, -0.15) is 0 Å². The van der Waals surface area contributed by atoms with E-state index in [1.54, 1.807) is 0 Å². The van der Waals surface area contributed by atoms with Gasteiger partial charge in [0, 0.05) is 12.5 Å². The fourth-order valence-electron chi connectivity index (χ4n) is 2.59. The molecule has 0 aromatic heterocycles. The lowest BCUT2D eigenvalue weighted by atomic mass is 10.1. The van der Waals surface area contributed by atoms with Gasteiger partial charge in [-0.1, -0.05) is 42.5 Å². The average molecular weight is 266 g/mol. The van der Waals surface area contributed by atoms with Gasteiger partial charge in [-0.25, -0.2) is 0 Å². The lowest BCUT2D eigenvalue weighted by Gasteiger charge is -2.22. The fraction of sp³-hybridized carbons (Fsp3) is 0.235. The number of amides is 1. The van der Waals surface area contributed by atoms with Gasteiger partial charge in [-0.3, -0.25) is 4.79 Å². The summed E-state index contributed by atoms with van der Waals surface area (Å²) in [5, 5.41) is 3.41. The van der Waals surface area contributed by atoms with Gasteiger partial charge in [-0.05, 0) is 24.6 Å². The third kappa shape index (κ3) is 2.52. The third-order valence-corrected chi connectivity index (χ3v) is 3.56. The number of hydrogen-bond acceptors (Lipinski definition) is 2. The van der Waals surface area contributed by atoms with Crippen molar-refractivity contribution in [2.45, 2.75) is 25.9 Å². The first-order chi connectivity index (χ1) is 9.74. The molecule has 1 aliphatic rings. The van der Waals surface area contributed by atoms with E-state index in [2.05, 4.69) is 17.4 Å². The maximum atomic E-state index is 12.5. The van der Waals surface area contributed by atoms with Crippen molar-refractivity contribution in [3.63, 3.8) is 0 Å².